The van der Waals surface area contributed by atoms with Crippen LogP contribution in [-0.2, 0) is 0 Å². The topological polar surface area (TPSA) is 38.9 Å². The third-order valence-electron chi connectivity index (χ3n) is 2.71. The van der Waals surface area contributed by atoms with Gasteiger partial charge in [0, 0.05) is 17.5 Å². The summed E-state index contributed by atoms with van der Waals surface area (Å²) in [5, 5.41) is 2.45. The van der Waals surface area contributed by atoms with Crippen LogP contribution in [-0.4, -0.2) is 16.3 Å². The lowest BCUT2D eigenvalue weighted by molar-refractivity contribution is 0.450. The standard InChI is InChI=1S/C11H15ClN2S/c12-8-1-6-11(14-7-8)15-10-4-2-9(13)3-5-10/h1,6-7,9-10H,2-5,13H2. The van der Waals surface area contributed by atoms with Crippen LogP contribution in [0.1, 0.15) is 25.7 Å². The molecular weight excluding hydrogens is 228 g/mol. The van der Waals surface area contributed by atoms with Crippen molar-refractivity contribution in [2.75, 3.05) is 0 Å². The van der Waals surface area contributed by atoms with Gasteiger partial charge in [-0.25, -0.2) is 4.98 Å². The van der Waals surface area contributed by atoms with Gasteiger partial charge in [0.2, 0.25) is 0 Å². The van der Waals surface area contributed by atoms with Gasteiger partial charge in [-0.05, 0) is 37.8 Å². The fourth-order valence-electron chi connectivity index (χ4n) is 1.81. The van der Waals surface area contributed by atoms with Gasteiger partial charge in [0.05, 0.1) is 10.0 Å². The van der Waals surface area contributed by atoms with Crippen molar-refractivity contribution in [3.8, 4) is 0 Å². The van der Waals surface area contributed by atoms with Gasteiger partial charge in [0.1, 0.15) is 0 Å². The zero-order valence-corrected chi connectivity index (χ0v) is 10.1. The Labute approximate surface area is 99.6 Å². The minimum Gasteiger partial charge on any atom is -0.328 e. The first kappa shape index (κ1) is 11.2. The number of nitrogens with zero attached hydrogens (tertiary/aromatic N) is 1. The first-order valence-electron chi connectivity index (χ1n) is 5.28. The lowest BCUT2D eigenvalue weighted by Gasteiger charge is -2.25. The number of thioether (sulfide) groups is 1. The van der Waals surface area contributed by atoms with Crippen LogP contribution < -0.4 is 5.73 Å². The smallest absolute Gasteiger partial charge is 0.0963 e. The molecule has 0 spiro atoms. The highest BCUT2D eigenvalue weighted by molar-refractivity contribution is 7.99. The van der Waals surface area contributed by atoms with Crippen LogP contribution in [0, 0.1) is 0 Å². The summed E-state index contributed by atoms with van der Waals surface area (Å²) in [5.41, 5.74) is 5.87. The molecule has 0 unspecified atom stereocenters. The maximum Gasteiger partial charge on any atom is 0.0963 e. The Bertz CT molecular complexity index is 307. The van der Waals surface area contributed by atoms with Crippen LogP contribution in [0.5, 0.6) is 0 Å². The van der Waals surface area contributed by atoms with E-state index in [1.807, 2.05) is 23.9 Å². The van der Waals surface area contributed by atoms with E-state index in [0.717, 1.165) is 17.9 Å². The van der Waals surface area contributed by atoms with Crippen molar-refractivity contribution in [1.29, 1.82) is 0 Å². The van der Waals surface area contributed by atoms with Crippen molar-refractivity contribution >= 4 is 23.4 Å². The molecule has 1 aromatic heterocycles. The molecule has 2 N–H and O–H groups in total. The van der Waals surface area contributed by atoms with Gasteiger partial charge < -0.3 is 5.73 Å². The van der Waals surface area contributed by atoms with Crippen molar-refractivity contribution in [3.63, 3.8) is 0 Å². The lowest BCUT2D eigenvalue weighted by Crippen LogP contribution is -2.27. The summed E-state index contributed by atoms with van der Waals surface area (Å²) in [5.74, 6) is 0. The average molecular weight is 243 g/mol. The lowest BCUT2D eigenvalue weighted by atomic mass is 9.96. The Morgan fingerprint density at radius 1 is 1.27 bits per heavy atom. The van der Waals surface area contributed by atoms with Crippen LogP contribution in [0.2, 0.25) is 5.02 Å². The quantitative estimate of drug-likeness (QED) is 0.866. The number of pyridine rings is 1. The summed E-state index contributed by atoms with van der Waals surface area (Å²) < 4.78 is 0. The van der Waals surface area contributed by atoms with Gasteiger partial charge in [-0.15, -0.1) is 11.8 Å². The highest BCUT2D eigenvalue weighted by Crippen LogP contribution is 2.32. The van der Waals surface area contributed by atoms with Crippen molar-refractivity contribution < 1.29 is 0 Å². The maximum atomic E-state index is 5.87. The first-order chi connectivity index (χ1) is 7.24. The van der Waals surface area contributed by atoms with Crippen LogP contribution in [0.3, 0.4) is 0 Å². The van der Waals surface area contributed by atoms with Gasteiger partial charge in [-0.3, -0.25) is 0 Å². The minimum atomic E-state index is 0.417. The van der Waals surface area contributed by atoms with E-state index in [2.05, 4.69) is 4.98 Å². The number of hydrogen-bond donors (Lipinski definition) is 1. The molecule has 0 aliphatic heterocycles. The Morgan fingerprint density at radius 3 is 2.60 bits per heavy atom. The molecule has 4 heteroatoms. The number of nitrogens with two attached hydrogens (primary N) is 1. The first-order valence-corrected chi connectivity index (χ1v) is 6.53. The zero-order chi connectivity index (χ0) is 10.7. The third kappa shape index (κ3) is 3.37. The fraction of sp³-hybridized carbons (Fsp3) is 0.545. The number of hydrogen-bond acceptors (Lipinski definition) is 3. The van der Waals surface area contributed by atoms with E-state index in [-0.39, 0.29) is 0 Å². The predicted octanol–water partition coefficient (Wildman–Crippen LogP) is 3.10. The number of aromatic nitrogens is 1. The molecule has 0 saturated heterocycles. The molecule has 82 valence electrons. The van der Waals surface area contributed by atoms with E-state index in [1.54, 1.807) is 6.20 Å². The number of rotatable bonds is 2. The fourth-order valence-corrected chi connectivity index (χ4v) is 3.03. The highest BCUT2D eigenvalue weighted by Gasteiger charge is 2.19. The van der Waals surface area contributed by atoms with Crippen LogP contribution in [0.25, 0.3) is 0 Å². The molecule has 0 bridgehead atoms. The maximum absolute atomic E-state index is 5.87. The van der Waals surface area contributed by atoms with E-state index < -0.39 is 0 Å². The van der Waals surface area contributed by atoms with Gasteiger partial charge in [0.25, 0.3) is 0 Å². The summed E-state index contributed by atoms with van der Waals surface area (Å²) in [6, 6.07) is 4.30. The van der Waals surface area contributed by atoms with E-state index in [0.29, 0.717) is 16.3 Å². The Balaban J connectivity index is 1.89. The zero-order valence-electron chi connectivity index (χ0n) is 8.53. The molecule has 15 heavy (non-hydrogen) atoms. The number of halogens is 1. The molecule has 1 aromatic rings. The molecule has 2 rings (SSSR count). The molecule has 2 nitrogen and oxygen atoms in total. The molecule has 0 amide bonds. The van der Waals surface area contributed by atoms with Crippen molar-refractivity contribution in [1.82, 2.24) is 4.98 Å². The second-order valence-corrected chi connectivity index (χ2v) is 5.73. The Morgan fingerprint density at radius 2 is 2.00 bits per heavy atom. The van der Waals surface area contributed by atoms with Crippen LogP contribution in [0.4, 0.5) is 0 Å². The summed E-state index contributed by atoms with van der Waals surface area (Å²) in [7, 11) is 0. The average Bonchev–Trinajstić information content (AvgIpc) is 2.25. The molecule has 1 aliphatic rings. The highest BCUT2D eigenvalue weighted by atomic mass is 35.5. The molecule has 1 fully saturated rings. The Hall–Kier alpha value is -0.250. The predicted molar refractivity (Wildman–Crippen MR) is 65.3 cm³/mol. The van der Waals surface area contributed by atoms with Crippen molar-refractivity contribution in [2.24, 2.45) is 5.73 Å². The molecule has 0 aromatic carbocycles. The van der Waals surface area contributed by atoms with Crippen LogP contribution >= 0.6 is 23.4 Å². The second-order valence-electron chi connectivity index (χ2n) is 3.97. The summed E-state index contributed by atoms with van der Waals surface area (Å²) in [4.78, 5) is 4.29. The molecule has 1 aliphatic carbocycles. The molecule has 0 radical (unpaired) electrons. The Kier molecular flexibility index (Phi) is 3.89. The second kappa shape index (κ2) is 5.19. The van der Waals surface area contributed by atoms with E-state index >= 15 is 0 Å². The van der Waals surface area contributed by atoms with E-state index in [9.17, 15) is 0 Å². The van der Waals surface area contributed by atoms with Crippen LogP contribution in [0.15, 0.2) is 23.4 Å². The van der Waals surface area contributed by atoms with Gasteiger partial charge in [-0.1, -0.05) is 11.6 Å². The molecule has 1 saturated carbocycles. The van der Waals surface area contributed by atoms with Crippen molar-refractivity contribution in [3.05, 3.63) is 23.4 Å². The van der Waals surface area contributed by atoms with Gasteiger partial charge >= 0.3 is 0 Å². The largest absolute Gasteiger partial charge is 0.328 e. The summed E-state index contributed by atoms with van der Waals surface area (Å²) in [6.07, 6.45) is 6.40. The summed E-state index contributed by atoms with van der Waals surface area (Å²) >= 11 is 7.64. The normalized spacial score (nSPS) is 26.5. The van der Waals surface area contributed by atoms with E-state index in [1.165, 1.54) is 12.8 Å². The summed E-state index contributed by atoms with van der Waals surface area (Å²) in [6.45, 7) is 0. The monoisotopic (exact) mass is 242 g/mol. The minimum absolute atomic E-state index is 0.417. The van der Waals surface area contributed by atoms with Crippen molar-refractivity contribution in [2.45, 2.75) is 42.0 Å². The van der Waals surface area contributed by atoms with Gasteiger partial charge in [-0.2, -0.15) is 0 Å². The molecule has 0 atom stereocenters. The molecular formula is C11H15ClN2S. The van der Waals surface area contributed by atoms with E-state index in [4.69, 9.17) is 17.3 Å². The third-order valence-corrected chi connectivity index (χ3v) is 4.22. The SMILES string of the molecule is NC1CCC(Sc2ccc(Cl)cn2)CC1. The van der Waals surface area contributed by atoms with Gasteiger partial charge in [0.15, 0.2) is 0 Å². The molecule has 1 heterocycles.